The number of aliphatic carboxylic acids is 1. The van der Waals surface area contributed by atoms with Gasteiger partial charge in [0.25, 0.3) is 0 Å². The molecule has 4 aliphatic rings. The number of amides is 2. The largest absolute Gasteiger partial charge is 0.480 e. The van der Waals surface area contributed by atoms with Crippen molar-refractivity contribution in [3.05, 3.63) is 29.8 Å². The first-order chi connectivity index (χ1) is 22.8. The quantitative estimate of drug-likeness (QED) is 0.181. The summed E-state index contributed by atoms with van der Waals surface area (Å²) >= 11 is 0. The fourth-order valence-electron chi connectivity index (χ4n) is 10.7. The minimum atomic E-state index is -1.18. The fourth-order valence-corrected chi connectivity index (χ4v) is 10.7. The Labute approximate surface area is 284 Å². The number of benzene rings is 1. The van der Waals surface area contributed by atoms with E-state index >= 15 is 0 Å². The molecular weight excluding hydrogens is 612 g/mol. The summed E-state index contributed by atoms with van der Waals surface area (Å²) < 4.78 is 4.96. The second-order valence-electron chi connectivity index (χ2n) is 15.8. The van der Waals surface area contributed by atoms with Gasteiger partial charge in [-0.05, 0) is 142 Å². The Bertz CT molecular complexity index is 1330. The number of aliphatic hydroxyl groups is 2. The van der Waals surface area contributed by atoms with Crippen molar-refractivity contribution in [2.24, 2.45) is 46.3 Å². The summed E-state index contributed by atoms with van der Waals surface area (Å²) in [6.45, 7) is 9.03. The molecule has 0 spiro atoms. The Hall–Kier alpha value is -2.98. The molecule has 1 aromatic rings. The van der Waals surface area contributed by atoms with Crippen LogP contribution >= 0.6 is 0 Å². The number of ether oxygens (including phenoxy) is 1. The summed E-state index contributed by atoms with van der Waals surface area (Å²) in [6.07, 6.45) is 8.07. The molecule has 10 heteroatoms. The predicted octanol–water partition coefficient (Wildman–Crippen LogP) is 5.56. The zero-order chi connectivity index (χ0) is 34.8. The lowest BCUT2D eigenvalue weighted by atomic mass is 9.43. The number of hydrogen-bond donors (Lipinski definition) is 5. The lowest BCUT2D eigenvalue weighted by Crippen LogP contribution is -2.58. The van der Waals surface area contributed by atoms with Crippen LogP contribution in [0.15, 0.2) is 24.3 Å². The van der Waals surface area contributed by atoms with Gasteiger partial charge in [0.15, 0.2) is 0 Å². The first-order valence-electron chi connectivity index (χ1n) is 18.2. The van der Waals surface area contributed by atoms with Crippen molar-refractivity contribution in [1.82, 2.24) is 5.32 Å². The van der Waals surface area contributed by atoms with Gasteiger partial charge in [0.1, 0.15) is 6.04 Å². The monoisotopic (exact) mass is 668 g/mol. The molecule has 1 aromatic carbocycles. The van der Waals surface area contributed by atoms with E-state index in [2.05, 4.69) is 31.4 Å². The van der Waals surface area contributed by atoms with Gasteiger partial charge in [-0.3, -0.25) is 9.59 Å². The van der Waals surface area contributed by atoms with Gasteiger partial charge < -0.3 is 30.7 Å². The smallest absolute Gasteiger partial charge is 0.338 e. The van der Waals surface area contributed by atoms with Crippen LogP contribution in [0.25, 0.3) is 0 Å². The van der Waals surface area contributed by atoms with Crippen LogP contribution in [0.4, 0.5) is 5.69 Å². The summed E-state index contributed by atoms with van der Waals surface area (Å²) in [6, 6.07) is 5.08. The molecule has 48 heavy (non-hydrogen) atoms. The SMILES string of the molecule is CCOC(=O)c1ccc(NC(=O)CCC(NC(=O)CCC(C)C2CCC3C4C(O)CC5CC(O)CCC5(C)C4CCC23C)C(=O)O)cc1. The third-order valence-corrected chi connectivity index (χ3v) is 13.2. The second-order valence-corrected chi connectivity index (χ2v) is 15.8. The summed E-state index contributed by atoms with van der Waals surface area (Å²) in [5.74, 6) is -0.0104. The van der Waals surface area contributed by atoms with Crippen molar-refractivity contribution in [2.45, 2.75) is 123 Å². The zero-order valence-electron chi connectivity index (χ0n) is 29.1. The van der Waals surface area contributed by atoms with Gasteiger partial charge in [0.2, 0.25) is 11.8 Å². The lowest BCUT2D eigenvalue weighted by Gasteiger charge is -2.62. The van der Waals surface area contributed by atoms with E-state index in [0.29, 0.717) is 47.3 Å². The number of fused-ring (bicyclic) bond motifs is 5. The normalized spacial score (nSPS) is 35.2. The molecule has 10 nitrogen and oxygen atoms in total. The highest BCUT2D eigenvalue weighted by Gasteiger charge is 2.62. The fraction of sp³-hybridized carbons (Fsp3) is 0.737. The molecule has 0 saturated heterocycles. The highest BCUT2D eigenvalue weighted by molar-refractivity contribution is 5.93. The van der Waals surface area contributed by atoms with Crippen LogP contribution in [-0.2, 0) is 19.1 Å². The van der Waals surface area contributed by atoms with Crippen molar-refractivity contribution in [2.75, 3.05) is 11.9 Å². The summed E-state index contributed by atoms with van der Waals surface area (Å²) in [5, 5.41) is 37.0. The van der Waals surface area contributed by atoms with Crippen LogP contribution < -0.4 is 10.6 Å². The molecule has 0 radical (unpaired) electrons. The highest BCUT2D eigenvalue weighted by atomic mass is 16.5. The third kappa shape index (κ3) is 7.44. The number of aliphatic hydroxyl groups excluding tert-OH is 2. The van der Waals surface area contributed by atoms with E-state index in [-0.39, 0.29) is 66.6 Å². The minimum absolute atomic E-state index is 0.0463. The van der Waals surface area contributed by atoms with Gasteiger partial charge in [0, 0.05) is 18.5 Å². The van der Waals surface area contributed by atoms with E-state index in [4.69, 9.17) is 4.74 Å². The van der Waals surface area contributed by atoms with E-state index in [9.17, 15) is 34.5 Å². The van der Waals surface area contributed by atoms with Gasteiger partial charge in [-0.25, -0.2) is 9.59 Å². The molecule has 5 N–H and O–H groups in total. The predicted molar refractivity (Wildman–Crippen MR) is 181 cm³/mol. The molecule has 4 fully saturated rings. The number of carbonyl (C=O) groups excluding carboxylic acids is 3. The molecule has 11 unspecified atom stereocenters. The molecule has 0 aromatic heterocycles. The molecule has 5 rings (SSSR count). The lowest BCUT2D eigenvalue weighted by molar-refractivity contribution is -0.174. The Balaban J connectivity index is 1.10. The van der Waals surface area contributed by atoms with Crippen molar-refractivity contribution >= 4 is 29.4 Å². The average molecular weight is 669 g/mol. The van der Waals surface area contributed by atoms with Gasteiger partial charge >= 0.3 is 11.9 Å². The average Bonchev–Trinajstić information content (AvgIpc) is 3.40. The van der Waals surface area contributed by atoms with Gasteiger partial charge in [-0.15, -0.1) is 0 Å². The zero-order valence-corrected chi connectivity index (χ0v) is 29.1. The van der Waals surface area contributed by atoms with E-state index in [1.54, 1.807) is 31.2 Å². The number of esters is 1. The van der Waals surface area contributed by atoms with Crippen LogP contribution in [-0.4, -0.2) is 63.9 Å². The number of nitrogens with one attached hydrogen (secondary N) is 2. The molecule has 4 aliphatic carbocycles. The summed E-state index contributed by atoms with van der Waals surface area (Å²) in [5.41, 5.74) is 1.12. The Morgan fingerprint density at radius 1 is 0.896 bits per heavy atom. The summed E-state index contributed by atoms with van der Waals surface area (Å²) in [4.78, 5) is 49.3. The van der Waals surface area contributed by atoms with Crippen molar-refractivity contribution < 1.29 is 39.2 Å². The van der Waals surface area contributed by atoms with Crippen molar-refractivity contribution in [3.63, 3.8) is 0 Å². The molecular formula is C38H56N2O8. The van der Waals surface area contributed by atoms with Crippen LogP contribution in [0.2, 0.25) is 0 Å². The van der Waals surface area contributed by atoms with Crippen LogP contribution in [0, 0.1) is 46.3 Å². The van der Waals surface area contributed by atoms with Crippen molar-refractivity contribution in [1.29, 1.82) is 0 Å². The maximum atomic E-state index is 13.0. The molecule has 4 saturated carbocycles. The number of hydrogen-bond acceptors (Lipinski definition) is 7. The number of carboxylic acids is 1. The van der Waals surface area contributed by atoms with Crippen LogP contribution in [0.3, 0.4) is 0 Å². The number of carbonyl (C=O) groups is 4. The van der Waals surface area contributed by atoms with Crippen LogP contribution in [0.1, 0.15) is 115 Å². The first-order valence-corrected chi connectivity index (χ1v) is 18.2. The van der Waals surface area contributed by atoms with Crippen molar-refractivity contribution in [3.8, 4) is 0 Å². The summed E-state index contributed by atoms with van der Waals surface area (Å²) in [7, 11) is 0. The standard InChI is InChI=1S/C38H56N2O8/c1-5-48-36(47)23-7-9-25(10-8-23)39-32(43)15-13-30(35(45)46)40-33(44)14-6-22(2)27-11-12-28-34-29(17-19-38(27,28)4)37(3)18-16-26(41)20-24(37)21-31(34)42/h7-10,22,24,26-31,34,41-42H,5-6,11-21H2,1-4H3,(H,39,43)(H,40,44)(H,45,46). The van der Waals surface area contributed by atoms with E-state index < -0.39 is 18.0 Å². The third-order valence-electron chi connectivity index (χ3n) is 13.2. The number of carboxylic acid groups (broad SMARTS) is 1. The molecule has 2 amide bonds. The van der Waals surface area contributed by atoms with Crippen LogP contribution in [0.5, 0.6) is 0 Å². The maximum Gasteiger partial charge on any atom is 0.338 e. The molecule has 266 valence electrons. The first kappa shape index (κ1) is 36.3. The van der Waals surface area contributed by atoms with E-state index in [1.807, 2.05) is 0 Å². The number of rotatable bonds is 12. The molecule has 0 heterocycles. The molecule has 11 atom stereocenters. The maximum absolute atomic E-state index is 13.0. The van der Waals surface area contributed by atoms with Gasteiger partial charge in [-0.1, -0.05) is 20.8 Å². The van der Waals surface area contributed by atoms with Gasteiger partial charge in [-0.2, -0.15) is 0 Å². The Kier molecular flexibility index (Phi) is 11.2. The van der Waals surface area contributed by atoms with E-state index in [1.165, 1.54) is 0 Å². The second kappa shape index (κ2) is 14.9. The Morgan fingerprint density at radius 2 is 1.56 bits per heavy atom. The molecule has 0 aliphatic heterocycles. The Morgan fingerprint density at radius 3 is 2.25 bits per heavy atom. The molecule has 0 bridgehead atoms. The minimum Gasteiger partial charge on any atom is -0.480 e. The van der Waals surface area contributed by atoms with E-state index in [0.717, 1.165) is 51.4 Å². The topological polar surface area (TPSA) is 162 Å². The number of anilines is 1. The highest BCUT2D eigenvalue weighted by Crippen LogP contribution is 2.68. The van der Waals surface area contributed by atoms with Gasteiger partial charge in [0.05, 0.1) is 24.4 Å².